The molecule has 1 amide bonds. The number of halogens is 1. The Morgan fingerprint density at radius 3 is 2.62 bits per heavy atom. The molecular weight excluding hydrogens is 471 g/mol. The van der Waals surface area contributed by atoms with E-state index in [0.717, 1.165) is 75.0 Å². The molecule has 2 aromatic rings. The van der Waals surface area contributed by atoms with E-state index < -0.39 is 0 Å². The van der Waals surface area contributed by atoms with Gasteiger partial charge in [-0.25, -0.2) is 4.39 Å². The molecule has 2 fully saturated rings. The molecule has 37 heavy (non-hydrogen) atoms. The quantitative estimate of drug-likeness (QED) is 0.478. The third-order valence-corrected chi connectivity index (χ3v) is 8.09. The van der Waals surface area contributed by atoms with E-state index in [2.05, 4.69) is 26.4 Å². The van der Waals surface area contributed by atoms with Gasteiger partial charge in [0.25, 0.3) is 0 Å². The van der Waals surface area contributed by atoms with Crippen molar-refractivity contribution in [2.24, 2.45) is 11.8 Å². The maximum Gasteiger partial charge on any atom is 0.324 e. The van der Waals surface area contributed by atoms with Crippen molar-refractivity contribution in [3.8, 4) is 5.75 Å². The molecule has 1 N–H and O–H groups in total. The van der Waals surface area contributed by atoms with Crippen LogP contribution in [0.5, 0.6) is 5.75 Å². The lowest BCUT2D eigenvalue weighted by Gasteiger charge is -2.30. The van der Waals surface area contributed by atoms with Crippen LogP contribution in [0.15, 0.2) is 28.8 Å². The number of carbonyl (C=O) groups is 1. The number of piperidine rings is 1. The minimum atomic E-state index is -0.330. The minimum Gasteiger partial charge on any atom is -0.490 e. The molecule has 1 saturated heterocycles. The fraction of sp³-hybridized carbons (Fsp3) is 0.621. The second-order valence-electron chi connectivity index (χ2n) is 11.2. The van der Waals surface area contributed by atoms with Crippen LogP contribution in [0.25, 0.3) is 5.57 Å². The molecule has 1 aromatic carbocycles. The van der Waals surface area contributed by atoms with Crippen molar-refractivity contribution < 1.29 is 18.4 Å². The highest BCUT2D eigenvalue weighted by molar-refractivity contribution is 5.81. The Kier molecular flexibility index (Phi) is 8.11. The van der Waals surface area contributed by atoms with E-state index in [-0.39, 0.29) is 23.6 Å². The topological polar surface area (TPSA) is 80.5 Å². The second-order valence-corrected chi connectivity index (χ2v) is 11.2. The van der Waals surface area contributed by atoms with Crippen molar-refractivity contribution in [2.75, 3.05) is 24.6 Å². The molecule has 8 heteroatoms. The van der Waals surface area contributed by atoms with Gasteiger partial charge in [-0.3, -0.25) is 4.79 Å². The van der Waals surface area contributed by atoms with Crippen molar-refractivity contribution in [1.82, 2.24) is 15.5 Å². The third-order valence-electron chi connectivity index (χ3n) is 8.09. The lowest BCUT2D eigenvalue weighted by molar-refractivity contribution is -0.125. The number of rotatable bonds is 8. The number of aromatic nitrogens is 2. The Hall–Kier alpha value is -2.90. The number of carbonyl (C=O) groups excluding carboxylic acids is 1. The Labute approximate surface area is 218 Å². The number of benzene rings is 1. The summed E-state index contributed by atoms with van der Waals surface area (Å²) in [6, 6.07) is 6.20. The maximum atomic E-state index is 14.9. The summed E-state index contributed by atoms with van der Waals surface area (Å²) in [5.74, 6) is 1.51. The number of hydrogen-bond acceptors (Lipinski definition) is 6. The van der Waals surface area contributed by atoms with Gasteiger partial charge in [-0.15, -0.1) is 0 Å². The third kappa shape index (κ3) is 6.33. The first kappa shape index (κ1) is 25.7. The van der Waals surface area contributed by atoms with Gasteiger partial charge >= 0.3 is 6.01 Å². The van der Waals surface area contributed by atoms with Crippen LogP contribution in [0.1, 0.15) is 88.9 Å². The molecular formula is C29H39FN4O3. The number of nitrogens with one attached hydrogen (secondary N) is 1. The molecule has 7 nitrogen and oxygen atoms in total. The summed E-state index contributed by atoms with van der Waals surface area (Å²) in [6.45, 7) is 6.23. The largest absolute Gasteiger partial charge is 0.490 e. The van der Waals surface area contributed by atoms with Crippen LogP contribution in [0.3, 0.4) is 0 Å². The van der Waals surface area contributed by atoms with Crippen molar-refractivity contribution in [1.29, 1.82) is 0 Å². The molecule has 3 aliphatic rings. The van der Waals surface area contributed by atoms with Crippen LogP contribution in [0.2, 0.25) is 0 Å². The lowest BCUT2D eigenvalue weighted by atomic mass is 9.86. The molecule has 2 aliphatic carbocycles. The minimum absolute atomic E-state index is 0.0281. The molecule has 1 atom stereocenters. The molecule has 5 rings (SSSR count). The predicted molar refractivity (Wildman–Crippen MR) is 141 cm³/mol. The molecule has 1 saturated carbocycles. The zero-order valence-corrected chi connectivity index (χ0v) is 22.0. The Bertz CT molecular complexity index is 1100. The Morgan fingerprint density at radius 1 is 1.19 bits per heavy atom. The van der Waals surface area contributed by atoms with E-state index in [4.69, 9.17) is 9.26 Å². The monoisotopic (exact) mass is 510 g/mol. The van der Waals surface area contributed by atoms with Crippen LogP contribution in [-0.2, 0) is 4.79 Å². The molecule has 0 radical (unpaired) electrons. The summed E-state index contributed by atoms with van der Waals surface area (Å²) in [4.78, 5) is 19.2. The number of allylic oxidation sites excluding steroid dienone is 2. The van der Waals surface area contributed by atoms with Crippen LogP contribution < -0.4 is 15.0 Å². The van der Waals surface area contributed by atoms with E-state index >= 15 is 0 Å². The number of hydrogen-bond donors (Lipinski definition) is 1. The van der Waals surface area contributed by atoms with Crippen LogP contribution >= 0.6 is 0 Å². The van der Waals surface area contributed by atoms with Gasteiger partial charge in [-0.2, -0.15) is 4.98 Å². The Balaban J connectivity index is 1.09. The summed E-state index contributed by atoms with van der Waals surface area (Å²) in [5.41, 5.74) is 2.00. The molecule has 2 heterocycles. The van der Waals surface area contributed by atoms with Gasteiger partial charge in [-0.1, -0.05) is 44.0 Å². The van der Waals surface area contributed by atoms with E-state index in [1.807, 2.05) is 19.9 Å². The maximum absolute atomic E-state index is 14.9. The first-order chi connectivity index (χ1) is 18.0. The van der Waals surface area contributed by atoms with Gasteiger partial charge in [0.15, 0.2) is 17.4 Å². The van der Waals surface area contributed by atoms with E-state index in [1.165, 1.54) is 12.8 Å². The van der Waals surface area contributed by atoms with Gasteiger partial charge in [-0.05, 0) is 74.1 Å². The van der Waals surface area contributed by atoms with E-state index in [9.17, 15) is 9.18 Å². The van der Waals surface area contributed by atoms with Gasteiger partial charge < -0.3 is 19.5 Å². The summed E-state index contributed by atoms with van der Waals surface area (Å²) < 4.78 is 26.2. The van der Waals surface area contributed by atoms with Crippen molar-refractivity contribution in [2.45, 2.75) is 83.6 Å². The average molecular weight is 511 g/mol. The second kappa shape index (κ2) is 11.7. The summed E-state index contributed by atoms with van der Waals surface area (Å²) in [7, 11) is 0. The average Bonchev–Trinajstić information content (AvgIpc) is 3.61. The van der Waals surface area contributed by atoms with E-state index in [1.54, 1.807) is 12.1 Å². The van der Waals surface area contributed by atoms with Gasteiger partial charge in [0.2, 0.25) is 5.91 Å². The summed E-state index contributed by atoms with van der Waals surface area (Å²) in [6.07, 6.45) is 10.9. The lowest BCUT2D eigenvalue weighted by Crippen LogP contribution is -2.37. The number of amides is 1. The number of anilines is 1. The van der Waals surface area contributed by atoms with E-state index in [0.29, 0.717) is 30.3 Å². The van der Waals surface area contributed by atoms with Gasteiger partial charge in [0.05, 0.1) is 6.61 Å². The van der Waals surface area contributed by atoms with Gasteiger partial charge in [0.1, 0.15) is 0 Å². The smallest absolute Gasteiger partial charge is 0.324 e. The summed E-state index contributed by atoms with van der Waals surface area (Å²) >= 11 is 0. The highest BCUT2D eigenvalue weighted by Gasteiger charge is 2.26. The van der Waals surface area contributed by atoms with Crippen molar-refractivity contribution in [3.05, 3.63) is 41.5 Å². The normalized spacial score (nSPS) is 21.4. The SMILES string of the molecule is CC(C)c1noc(N2CCC(COc3ccc(C4=CCC(C(=O)NC5CCCC5)CC4)cc3F)CC2)n1. The highest BCUT2D eigenvalue weighted by atomic mass is 19.1. The van der Waals surface area contributed by atoms with Crippen LogP contribution in [0, 0.1) is 17.7 Å². The van der Waals surface area contributed by atoms with Crippen LogP contribution in [-0.4, -0.2) is 41.8 Å². The van der Waals surface area contributed by atoms with Crippen molar-refractivity contribution in [3.63, 3.8) is 0 Å². The summed E-state index contributed by atoms with van der Waals surface area (Å²) in [5, 5.41) is 7.27. The molecule has 0 bridgehead atoms. The van der Waals surface area contributed by atoms with Crippen LogP contribution in [0.4, 0.5) is 10.4 Å². The highest BCUT2D eigenvalue weighted by Crippen LogP contribution is 2.33. The molecule has 1 aliphatic heterocycles. The number of ether oxygens (including phenoxy) is 1. The standard InChI is InChI=1S/C29H39FN4O3/c1-19(2)27-32-29(37-33-27)34-15-13-20(14-16-34)18-36-26-12-11-23(17-25(26)30)21-7-9-22(10-8-21)28(35)31-24-5-3-4-6-24/h7,11-12,17,19-20,22,24H,3-6,8-10,13-16,18H2,1-2H3,(H,31,35). The van der Waals surface area contributed by atoms with Gasteiger partial charge in [0, 0.05) is 31.0 Å². The fourth-order valence-corrected chi connectivity index (χ4v) is 5.63. The molecule has 200 valence electrons. The first-order valence-corrected chi connectivity index (χ1v) is 14.0. The fourth-order valence-electron chi connectivity index (χ4n) is 5.63. The molecule has 0 spiro atoms. The molecule has 1 aromatic heterocycles. The predicted octanol–water partition coefficient (Wildman–Crippen LogP) is 5.87. The Morgan fingerprint density at radius 2 is 1.97 bits per heavy atom. The van der Waals surface area contributed by atoms with Crippen molar-refractivity contribution >= 4 is 17.5 Å². The first-order valence-electron chi connectivity index (χ1n) is 14.0. The zero-order chi connectivity index (χ0) is 25.8. The zero-order valence-electron chi connectivity index (χ0n) is 22.0. The molecule has 1 unspecified atom stereocenters. The number of nitrogens with zero attached hydrogens (tertiary/aromatic N) is 3.